The third-order valence-electron chi connectivity index (χ3n) is 0.760. The zero-order chi connectivity index (χ0) is 6.41. The molecule has 0 atom stereocenters. The molecule has 2 heteroatoms. The lowest BCUT2D eigenvalue weighted by molar-refractivity contribution is 0.117. The highest BCUT2D eigenvalue weighted by atomic mass is 16.3. The van der Waals surface area contributed by atoms with Gasteiger partial charge in [-0.2, -0.15) is 0 Å². The van der Waals surface area contributed by atoms with Crippen LogP contribution in [0.3, 0.4) is 0 Å². The molecule has 2 N–H and O–H groups in total. The maximum Gasteiger partial charge on any atom is 0.0788 e. The molecule has 0 spiro atoms. The average molecular weight is 117 g/mol. The average Bonchev–Trinajstić information content (AvgIpc) is 1.64. The van der Waals surface area contributed by atoms with Crippen LogP contribution in [-0.4, -0.2) is 24.3 Å². The molecule has 8 heavy (non-hydrogen) atoms. The minimum absolute atomic E-state index is 0.0463. The maximum absolute atomic E-state index is 8.39. The number of hydrogen-bond donors (Lipinski definition) is 2. The van der Waals surface area contributed by atoms with Crippen molar-refractivity contribution in [1.82, 2.24) is 5.32 Å². The number of β-amino-alcohol motifs (C(OH)–C–C–N with tert-alkyl or cyclic N) is 1. The molecular weight excluding hydrogens is 102 g/mol. The van der Waals surface area contributed by atoms with Crippen molar-refractivity contribution < 1.29 is 5.11 Å². The molecule has 2 nitrogen and oxygen atoms in total. The Morgan fingerprint density at radius 2 is 1.75 bits per heavy atom. The van der Waals surface area contributed by atoms with E-state index in [-0.39, 0.29) is 6.10 Å². The third kappa shape index (κ3) is 4.09. The second kappa shape index (κ2) is 5.06. The maximum atomic E-state index is 8.39. The molecule has 0 aliphatic carbocycles. The molecule has 0 saturated carbocycles. The van der Waals surface area contributed by atoms with Crippen LogP contribution < -0.4 is 5.32 Å². The van der Waals surface area contributed by atoms with E-state index in [9.17, 15) is 0 Å². The highest BCUT2D eigenvalue weighted by molar-refractivity contribution is 4.71. The van der Waals surface area contributed by atoms with Gasteiger partial charge in [0.25, 0.3) is 0 Å². The fourth-order valence-electron chi connectivity index (χ4n) is 0.273. The first kappa shape index (κ1) is 7.92. The molecule has 1 aliphatic heterocycles. The number of nitrogens with one attached hydrogen (secondary N) is 1. The molecule has 0 aromatic heterocycles. The van der Waals surface area contributed by atoms with E-state index < -0.39 is 0 Å². The van der Waals surface area contributed by atoms with Crippen LogP contribution in [-0.2, 0) is 0 Å². The van der Waals surface area contributed by atoms with E-state index in [0.29, 0.717) is 0 Å². The summed E-state index contributed by atoms with van der Waals surface area (Å²) in [4.78, 5) is 0. The monoisotopic (exact) mass is 117 g/mol. The number of hydrogen-bond acceptors (Lipinski definition) is 2. The predicted molar refractivity (Wildman–Crippen MR) is 34.8 cm³/mol. The first-order valence-electron chi connectivity index (χ1n) is 3.20. The summed E-state index contributed by atoms with van der Waals surface area (Å²) in [5, 5.41) is 11.3. The second-order valence-electron chi connectivity index (χ2n) is 2.02. The molecule has 50 valence electrons. The van der Waals surface area contributed by atoms with E-state index in [1.165, 1.54) is 6.42 Å². The van der Waals surface area contributed by atoms with Crippen LogP contribution in [0.1, 0.15) is 20.3 Å². The van der Waals surface area contributed by atoms with Gasteiger partial charge in [-0.3, -0.25) is 0 Å². The van der Waals surface area contributed by atoms with Gasteiger partial charge in [0.1, 0.15) is 0 Å². The van der Waals surface area contributed by atoms with Crippen LogP contribution >= 0.6 is 0 Å². The van der Waals surface area contributed by atoms with Crippen LogP contribution in [0.4, 0.5) is 0 Å². The van der Waals surface area contributed by atoms with E-state index in [1.54, 1.807) is 0 Å². The summed E-state index contributed by atoms with van der Waals surface area (Å²) in [6, 6.07) is 0. The van der Waals surface area contributed by atoms with Gasteiger partial charge in [-0.05, 0) is 0 Å². The van der Waals surface area contributed by atoms with E-state index in [2.05, 4.69) is 19.2 Å². The van der Waals surface area contributed by atoms with Crippen molar-refractivity contribution >= 4 is 0 Å². The standard InChI is InChI=1S/C3H7NO.C3H8/c5-3-1-4-2-3;1-3-2/h3-5H,1-2H2;3H2,1-2H3. The second-order valence-corrected chi connectivity index (χ2v) is 2.02. The van der Waals surface area contributed by atoms with Gasteiger partial charge in [-0.15, -0.1) is 0 Å². The van der Waals surface area contributed by atoms with E-state index in [1.807, 2.05) is 0 Å². The van der Waals surface area contributed by atoms with Gasteiger partial charge in [0, 0.05) is 13.1 Å². The van der Waals surface area contributed by atoms with Crippen LogP contribution in [0.5, 0.6) is 0 Å². The Labute approximate surface area is 50.9 Å². The van der Waals surface area contributed by atoms with Gasteiger partial charge in [0.2, 0.25) is 0 Å². The van der Waals surface area contributed by atoms with Crippen molar-refractivity contribution in [3.8, 4) is 0 Å². The number of aliphatic hydroxyl groups is 1. The van der Waals surface area contributed by atoms with Crippen molar-refractivity contribution in [2.45, 2.75) is 26.4 Å². The topological polar surface area (TPSA) is 32.3 Å². The lowest BCUT2D eigenvalue weighted by Crippen LogP contribution is -2.46. The predicted octanol–water partition coefficient (Wildman–Crippen LogP) is 0.367. The molecule has 1 heterocycles. The Morgan fingerprint density at radius 3 is 1.75 bits per heavy atom. The number of rotatable bonds is 0. The summed E-state index contributed by atoms with van der Waals surface area (Å²) in [6.07, 6.45) is 1.20. The quantitative estimate of drug-likeness (QED) is 0.480. The highest BCUT2D eigenvalue weighted by Crippen LogP contribution is 1.85. The molecule has 0 aromatic rings. The molecule has 0 aromatic carbocycles. The zero-order valence-electron chi connectivity index (χ0n) is 5.65. The van der Waals surface area contributed by atoms with Gasteiger partial charge in [-0.25, -0.2) is 0 Å². The minimum atomic E-state index is -0.0463. The van der Waals surface area contributed by atoms with Crippen molar-refractivity contribution in [1.29, 1.82) is 0 Å². The molecule has 1 saturated heterocycles. The molecule has 0 amide bonds. The molecule has 0 bridgehead atoms. The highest BCUT2D eigenvalue weighted by Gasteiger charge is 2.10. The van der Waals surface area contributed by atoms with Gasteiger partial charge >= 0.3 is 0 Å². The molecule has 0 radical (unpaired) electrons. The Morgan fingerprint density at radius 1 is 1.50 bits per heavy atom. The van der Waals surface area contributed by atoms with Crippen LogP contribution in [0, 0.1) is 0 Å². The lowest BCUT2D eigenvalue weighted by atomic mass is 10.2. The minimum Gasteiger partial charge on any atom is -0.390 e. The van der Waals surface area contributed by atoms with Gasteiger partial charge < -0.3 is 10.4 Å². The number of aliphatic hydroxyl groups excluding tert-OH is 1. The van der Waals surface area contributed by atoms with Crippen molar-refractivity contribution in [2.75, 3.05) is 13.1 Å². The molecule has 1 rings (SSSR count). The normalized spacial score (nSPS) is 18.4. The first-order valence-corrected chi connectivity index (χ1v) is 3.20. The molecular formula is C6H15NO. The zero-order valence-corrected chi connectivity index (χ0v) is 5.65. The summed E-state index contributed by atoms with van der Waals surface area (Å²) in [7, 11) is 0. The summed E-state index contributed by atoms with van der Waals surface area (Å²) < 4.78 is 0. The van der Waals surface area contributed by atoms with Crippen molar-refractivity contribution in [3.63, 3.8) is 0 Å². The molecule has 1 fully saturated rings. The van der Waals surface area contributed by atoms with E-state index >= 15 is 0 Å². The fraction of sp³-hybridized carbons (Fsp3) is 1.00. The van der Waals surface area contributed by atoms with Crippen LogP contribution in [0.25, 0.3) is 0 Å². The van der Waals surface area contributed by atoms with Gasteiger partial charge in [-0.1, -0.05) is 20.3 Å². The Bertz CT molecular complexity index is 43.8. The summed E-state index contributed by atoms with van der Waals surface area (Å²) in [5.41, 5.74) is 0. The van der Waals surface area contributed by atoms with Gasteiger partial charge in [0.15, 0.2) is 0 Å². The molecule has 1 aliphatic rings. The first-order chi connectivity index (χ1) is 3.81. The Balaban J connectivity index is 0.000000145. The lowest BCUT2D eigenvalue weighted by Gasteiger charge is -2.20. The van der Waals surface area contributed by atoms with Crippen LogP contribution in [0.2, 0.25) is 0 Å². The van der Waals surface area contributed by atoms with Crippen molar-refractivity contribution in [2.24, 2.45) is 0 Å². The summed E-state index contributed by atoms with van der Waals surface area (Å²) in [6.45, 7) is 5.83. The Hall–Kier alpha value is -0.0800. The fourth-order valence-corrected chi connectivity index (χ4v) is 0.273. The van der Waals surface area contributed by atoms with Crippen molar-refractivity contribution in [3.05, 3.63) is 0 Å². The smallest absolute Gasteiger partial charge is 0.0788 e. The van der Waals surface area contributed by atoms with Gasteiger partial charge in [0.05, 0.1) is 6.10 Å². The SMILES string of the molecule is CCC.OC1CNC1. The Kier molecular flexibility index (Phi) is 5.01. The van der Waals surface area contributed by atoms with E-state index in [0.717, 1.165) is 13.1 Å². The third-order valence-corrected chi connectivity index (χ3v) is 0.760. The summed E-state index contributed by atoms with van der Waals surface area (Å²) in [5.74, 6) is 0. The molecule has 0 unspecified atom stereocenters. The largest absolute Gasteiger partial charge is 0.390 e. The van der Waals surface area contributed by atoms with Crippen LogP contribution in [0.15, 0.2) is 0 Å². The van der Waals surface area contributed by atoms with E-state index in [4.69, 9.17) is 5.11 Å². The summed E-state index contributed by atoms with van der Waals surface area (Å²) >= 11 is 0.